The molecule has 0 spiro atoms. The van der Waals surface area contributed by atoms with Gasteiger partial charge >= 0.3 is 6.18 Å². The molecule has 4 aromatic rings. The van der Waals surface area contributed by atoms with Gasteiger partial charge < -0.3 is 14.6 Å². The van der Waals surface area contributed by atoms with E-state index in [0.29, 0.717) is 22.9 Å². The molecule has 1 N–H and O–H groups in total. The number of hydrogen-bond acceptors (Lipinski definition) is 4. The van der Waals surface area contributed by atoms with Crippen LogP contribution in [0.5, 0.6) is 23.0 Å². The van der Waals surface area contributed by atoms with Crippen molar-refractivity contribution in [1.29, 1.82) is 0 Å². The molecule has 5 nitrogen and oxygen atoms in total. The summed E-state index contributed by atoms with van der Waals surface area (Å²) in [6.45, 7) is -0.160. The Balaban J connectivity index is 1.51. The number of rotatable bonds is 6. The Bertz CT molecular complexity index is 1210. The highest BCUT2D eigenvalue weighted by atomic mass is 35.5. The first-order valence-electron chi connectivity index (χ1n) is 9.40. The second-order valence-corrected chi connectivity index (χ2v) is 7.15. The molecule has 9 heteroatoms. The molecule has 1 heterocycles. The van der Waals surface area contributed by atoms with Crippen LogP contribution in [-0.2, 0) is 12.8 Å². The Morgan fingerprint density at radius 3 is 2.09 bits per heavy atom. The van der Waals surface area contributed by atoms with E-state index in [2.05, 4.69) is 5.10 Å². The van der Waals surface area contributed by atoms with Crippen LogP contribution in [0.3, 0.4) is 0 Å². The van der Waals surface area contributed by atoms with Gasteiger partial charge in [0.1, 0.15) is 29.6 Å². The van der Waals surface area contributed by atoms with Gasteiger partial charge in [-0.15, -0.1) is 0 Å². The molecule has 4 rings (SSSR count). The predicted molar refractivity (Wildman–Crippen MR) is 113 cm³/mol. The highest BCUT2D eigenvalue weighted by Crippen LogP contribution is 2.31. The molecule has 0 aliphatic heterocycles. The van der Waals surface area contributed by atoms with Crippen LogP contribution >= 0.6 is 11.6 Å². The second kappa shape index (κ2) is 8.84. The molecule has 0 saturated heterocycles. The summed E-state index contributed by atoms with van der Waals surface area (Å²) in [5.74, 6) is 1.64. The van der Waals surface area contributed by atoms with E-state index in [9.17, 15) is 18.3 Å². The number of aromatic nitrogens is 2. The molecule has 0 aliphatic rings. The molecule has 3 aromatic carbocycles. The number of phenolic OH excluding ortho intramolecular Hbond substituents is 1. The maximum atomic E-state index is 13.2. The SMILES string of the molecule is Oc1ccc(Oc2ccc(OCc3cc(C(F)(F)F)nn3-c3ccccc3Cl)cc2)cc1. The van der Waals surface area contributed by atoms with Gasteiger partial charge in [-0.25, -0.2) is 4.68 Å². The number of benzene rings is 3. The summed E-state index contributed by atoms with van der Waals surface area (Å²) >= 11 is 6.15. The minimum atomic E-state index is -4.60. The number of nitrogens with zero attached hydrogens (tertiary/aromatic N) is 2. The monoisotopic (exact) mass is 460 g/mol. The minimum Gasteiger partial charge on any atom is -0.508 e. The molecule has 164 valence electrons. The third-order valence-electron chi connectivity index (χ3n) is 4.44. The zero-order chi connectivity index (χ0) is 22.7. The molecule has 0 atom stereocenters. The third-order valence-corrected chi connectivity index (χ3v) is 4.76. The smallest absolute Gasteiger partial charge is 0.435 e. The van der Waals surface area contributed by atoms with Crippen molar-refractivity contribution in [3.63, 3.8) is 0 Å². The zero-order valence-electron chi connectivity index (χ0n) is 16.4. The van der Waals surface area contributed by atoms with E-state index >= 15 is 0 Å². The average Bonchev–Trinajstić information content (AvgIpc) is 3.20. The molecular weight excluding hydrogens is 445 g/mol. The number of ether oxygens (including phenoxy) is 2. The van der Waals surface area contributed by atoms with Gasteiger partial charge in [-0.2, -0.15) is 18.3 Å². The molecule has 0 unspecified atom stereocenters. The van der Waals surface area contributed by atoms with E-state index in [1.54, 1.807) is 60.7 Å². The van der Waals surface area contributed by atoms with Gasteiger partial charge in [0.05, 0.1) is 16.4 Å². The maximum absolute atomic E-state index is 13.2. The fourth-order valence-electron chi connectivity index (χ4n) is 2.90. The van der Waals surface area contributed by atoms with Crippen molar-refractivity contribution < 1.29 is 27.8 Å². The number of halogens is 4. The molecule has 0 amide bonds. The van der Waals surface area contributed by atoms with Crippen LogP contribution in [0.2, 0.25) is 5.02 Å². The van der Waals surface area contributed by atoms with E-state index in [1.165, 1.54) is 12.1 Å². The zero-order valence-corrected chi connectivity index (χ0v) is 17.1. The van der Waals surface area contributed by atoms with E-state index in [-0.39, 0.29) is 23.1 Å². The topological polar surface area (TPSA) is 56.5 Å². The summed E-state index contributed by atoms with van der Waals surface area (Å²) in [5.41, 5.74) is -0.524. The number of hydrogen-bond donors (Lipinski definition) is 1. The summed E-state index contributed by atoms with van der Waals surface area (Å²) in [5, 5.41) is 13.3. The Labute approximate surface area is 186 Å². The van der Waals surface area contributed by atoms with Crippen LogP contribution < -0.4 is 9.47 Å². The number of para-hydroxylation sites is 1. The van der Waals surface area contributed by atoms with Crippen LogP contribution in [0, 0.1) is 0 Å². The normalized spacial score (nSPS) is 11.4. The highest BCUT2D eigenvalue weighted by Gasteiger charge is 2.35. The quantitative estimate of drug-likeness (QED) is 0.351. The van der Waals surface area contributed by atoms with Gasteiger partial charge in [-0.3, -0.25) is 0 Å². The van der Waals surface area contributed by atoms with Crippen LogP contribution in [0.25, 0.3) is 5.69 Å². The van der Waals surface area contributed by atoms with Gasteiger partial charge in [0.2, 0.25) is 0 Å². The first kappa shape index (κ1) is 21.6. The number of phenols is 1. The lowest BCUT2D eigenvalue weighted by Crippen LogP contribution is -2.08. The number of aromatic hydroxyl groups is 1. The fraction of sp³-hybridized carbons (Fsp3) is 0.0870. The van der Waals surface area contributed by atoms with Gasteiger partial charge in [0, 0.05) is 0 Å². The standard InChI is InChI=1S/C23H16ClF3N2O3/c24-20-3-1-2-4-21(20)29-15(13-22(28-29)23(25,26)27)14-31-17-9-11-19(12-10-17)32-18-7-5-16(30)6-8-18/h1-13,30H,14H2. The highest BCUT2D eigenvalue weighted by molar-refractivity contribution is 6.32. The molecular formula is C23H16ClF3N2O3. The minimum absolute atomic E-state index is 0.130. The lowest BCUT2D eigenvalue weighted by molar-refractivity contribution is -0.141. The molecule has 0 aliphatic carbocycles. The van der Waals surface area contributed by atoms with Crippen molar-refractivity contribution in [3.8, 4) is 28.7 Å². The molecule has 1 aromatic heterocycles. The first-order valence-corrected chi connectivity index (χ1v) is 9.78. The lowest BCUT2D eigenvalue weighted by Gasteiger charge is -2.11. The molecule has 0 saturated carbocycles. The maximum Gasteiger partial charge on any atom is 0.435 e. The Morgan fingerprint density at radius 2 is 1.47 bits per heavy atom. The van der Waals surface area contributed by atoms with Gasteiger partial charge in [-0.1, -0.05) is 23.7 Å². The largest absolute Gasteiger partial charge is 0.508 e. The lowest BCUT2D eigenvalue weighted by atomic mass is 10.3. The summed E-state index contributed by atoms with van der Waals surface area (Å²) < 4.78 is 52.2. The molecule has 0 fully saturated rings. The molecule has 32 heavy (non-hydrogen) atoms. The van der Waals surface area contributed by atoms with Crippen molar-refractivity contribution in [3.05, 3.63) is 95.3 Å². The van der Waals surface area contributed by atoms with E-state index in [4.69, 9.17) is 21.1 Å². The van der Waals surface area contributed by atoms with E-state index in [1.807, 2.05) is 0 Å². The van der Waals surface area contributed by atoms with Crippen molar-refractivity contribution in [2.45, 2.75) is 12.8 Å². The third kappa shape index (κ3) is 4.97. The van der Waals surface area contributed by atoms with Crippen molar-refractivity contribution in [1.82, 2.24) is 9.78 Å². The Hall–Kier alpha value is -3.65. The average molecular weight is 461 g/mol. The van der Waals surface area contributed by atoms with Crippen LogP contribution in [0.1, 0.15) is 11.4 Å². The number of alkyl halides is 3. The predicted octanol–water partition coefficient (Wildman–Crippen LogP) is 6.62. The van der Waals surface area contributed by atoms with Gasteiger partial charge in [-0.05, 0) is 66.7 Å². The summed E-state index contributed by atoms with van der Waals surface area (Å²) in [6.07, 6.45) is -4.60. The van der Waals surface area contributed by atoms with Crippen molar-refractivity contribution >= 4 is 11.6 Å². The Morgan fingerprint density at radius 1 is 0.875 bits per heavy atom. The van der Waals surface area contributed by atoms with Gasteiger partial charge in [0.25, 0.3) is 0 Å². The summed E-state index contributed by atoms with van der Waals surface area (Å²) in [4.78, 5) is 0. The van der Waals surface area contributed by atoms with Crippen LogP contribution in [0.15, 0.2) is 78.9 Å². The Kier molecular flexibility index (Phi) is 5.96. The van der Waals surface area contributed by atoms with Crippen molar-refractivity contribution in [2.75, 3.05) is 0 Å². The van der Waals surface area contributed by atoms with Crippen molar-refractivity contribution in [2.24, 2.45) is 0 Å². The fourth-order valence-corrected chi connectivity index (χ4v) is 3.12. The van der Waals surface area contributed by atoms with Crippen LogP contribution in [-0.4, -0.2) is 14.9 Å². The molecule has 0 radical (unpaired) electrons. The van der Waals surface area contributed by atoms with E-state index < -0.39 is 11.9 Å². The molecule has 0 bridgehead atoms. The first-order chi connectivity index (χ1) is 15.3. The van der Waals surface area contributed by atoms with Crippen LogP contribution in [0.4, 0.5) is 13.2 Å². The summed E-state index contributed by atoms with van der Waals surface area (Å²) in [7, 11) is 0. The van der Waals surface area contributed by atoms with E-state index in [0.717, 1.165) is 10.7 Å². The summed E-state index contributed by atoms with van der Waals surface area (Å²) in [6, 6.07) is 20.3. The second-order valence-electron chi connectivity index (χ2n) is 6.74. The van der Waals surface area contributed by atoms with Gasteiger partial charge in [0.15, 0.2) is 5.69 Å².